The quantitative estimate of drug-likeness (QED) is 0.902. The molecule has 0 amide bonds. The Hall–Kier alpha value is -1.65. The highest BCUT2D eigenvalue weighted by Gasteiger charge is 2.22. The van der Waals surface area contributed by atoms with Crippen LogP contribution in [0.5, 0.6) is 0 Å². The van der Waals surface area contributed by atoms with Gasteiger partial charge in [-0.15, -0.1) is 0 Å². The highest BCUT2D eigenvalue weighted by atomic mass is 16.4. The summed E-state index contributed by atoms with van der Waals surface area (Å²) >= 11 is 0. The monoisotopic (exact) mass is 263 g/mol. The van der Waals surface area contributed by atoms with Crippen molar-refractivity contribution < 1.29 is 9.90 Å². The van der Waals surface area contributed by atoms with Gasteiger partial charge in [0.25, 0.3) is 0 Å². The number of hydrogen-bond acceptors (Lipinski definition) is 4. The van der Waals surface area contributed by atoms with E-state index in [0.717, 1.165) is 37.4 Å². The van der Waals surface area contributed by atoms with Gasteiger partial charge in [-0.3, -0.25) is 4.79 Å². The second-order valence-electron chi connectivity index (χ2n) is 5.48. The smallest absolute Gasteiger partial charge is 0.303 e. The Morgan fingerprint density at radius 2 is 2.11 bits per heavy atom. The van der Waals surface area contributed by atoms with Crippen LogP contribution in [0.4, 0.5) is 5.82 Å². The number of carboxylic acids is 1. The molecule has 0 saturated carbocycles. The molecule has 104 valence electrons. The van der Waals surface area contributed by atoms with Crippen molar-refractivity contribution in [3.8, 4) is 0 Å². The van der Waals surface area contributed by atoms with Crippen LogP contribution >= 0.6 is 0 Å². The molecule has 1 aromatic rings. The maximum atomic E-state index is 10.7. The highest BCUT2D eigenvalue weighted by molar-refractivity contribution is 5.67. The fourth-order valence-electron chi connectivity index (χ4n) is 2.46. The Bertz CT molecular complexity index is 440. The van der Waals surface area contributed by atoms with E-state index in [-0.39, 0.29) is 6.42 Å². The highest BCUT2D eigenvalue weighted by Crippen LogP contribution is 2.25. The van der Waals surface area contributed by atoms with Crippen LogP contribution < -0.4 is 4.90 Å². The molecule has 0 radical (unpaired) electrons. The van der Waals surface area contributed by atoms with Gasteiger partial charge in [-0.2, -0.15) is 0 Å². The van der Waals surface area contributed by atoms with Crippen LogP contribution in [0.25, 0.3) is 0 Å². The summed E-state index contributed by atoms with van der Waals surface area (Å²) in [7, 11) is 0. The molecule has 5 nitrogen and oxygen atoms in total. The number of rotatable bonds is 4. The van der Waals surface area contributed by atoms with Crippen molar-refractivity contribution in [2.45, 2.75) is 39.0 Å². The zero-order valence-corrected chi connectivity index (χ0v) is 11.5. The number of aliphatic carboxylic acids is 1. The molecular formula is C14H21N3O2. The summed E-state index contributed by atoms with van der Waals surface area (Å²) in [4.78, 5) is 21.5. The van der Waals surface area contributed by atoms with E-state index in [4.69, 9.17) is 5.11 Å². The number of anilines is 1. The van der Waals surface area contributed by atoms with Crippen LogP contribution in [0.3, 0.4) is 0 Å². The van der Waals surface area contributed by atoms with E-state index in [0.29, 0.717) is 11.8 Å². The van der Waals surface area contributed by atoms with Crippen molar-refractivity contribution in [1.29, 1.82) is 0 Å². The first-order chi connectivity index (χ1) is 9.06. The zero-order valence-electron chi connectivity index (χ0n) is 11.5. The lowest BCUT2D eigenvalue weighted by molar-refractivity contribution is -0.138. The molecule has 2 heterocycles. The molecule has 1 saturated heterocycles. The van der Waals surface area contributed by atoms with Crippen molar-refractivity contribution in [3.63, 3.8) is 0 Å². The molecule has 1 N–H and O–H groups in total. The van der Waals surface area contributed by atoms with Gasteiger partial charge in [0.2, 0.25) is 0 Å². The summed E-state index contributed by atoms with van der Waals surface area (Å²) in [5.41, 5.74) is 1.05. The van der Waals surface area contributed by atoms with E-state index in [1.54, 1.807) is 6.33 Å². The Balaban J connectivity index is 1.97. The van der Waals surface area contributed by atoms with Crippen LogP contribution in [0.15, 0.2) is 12.4 Å². The third-order valence-electron chi connectivity index (χ3n) is 3.67. The number of carboxylic acid groups (broad SMARTS) is 1. The predicted molar refractivity (Wildman–Crippen MR) is 73.3 cm³/mol. The molecule has 19 heavy (non-hydrogen) atoms. The molecule has 0 bridgehead atoms. The summed E-state index contributed by atoms with van der Waals surface area (Å²) in [6.07, 6.45) is 3.75. The number of aromatic nitrogens is 2. The first kappa shape index (κ1) is 13.8. The van der Waals surface area contributed by atoms with E-state index < -0.39 is 5.97 Å². The summed E-state index contributed by atoms with van der Waals surface area (Å²) in [5.74, 6) is 0.974. The largest absolute Gasteiger partial charge is 0.481 e. The second kappa shape index (κ2) is 5.99. The van der Waals surface area contributed by atoms with Gasteiger partial charge in [-0.1, -0.05) is 13.8 Å². The first-order valence-corrected chi connectivity index (χ1v) is 6.85. The molecule has 1 aliphatic rings. The minimum absolute atomic E-state index is 0.287. The second-order valence-corrected chi connectivity index (χ2v) is 5.48. The summed E-state index contributed by atoms with van der Waals surface area (Å²) < 4.78 is 0. The van der Waals surface area contributed by atoms with Gasteiger partial charge in [-0.25, -0.2) is 9.97 Å². The molecule has 2 rings (SSSR count). The molecule has 5 heteroatoms. The molecular weight excluding hydrogens is 242 g/mol. The number of carbonyl (C=O) groups is 1. The third-order valence-corrected chi connectivity index (χ3v) is 3.67. The number of hydrogen-bond donors (Lipinski definition) is 1. The van der Waals surface area contributed by atoms with Crippen LogP contribution in [0.2, 0.25) is 0 Å². The lowest BCUT2D eigenvalue weighted by Gasteiger charge is -2.32. The first-order valence-electron chi connectivity index (χ1n) is 6.85. The maximum absolute atomic E-state index is 10.7. The van der Waals surface area contributed by atoms with Crippen LogP contribution in [-0.4, -0.2) is 34.1 Å². The van der Waals surface area contributed by atoms with Gasteiger partial charge in [-0.05, 0) is 24.7 Å². The summed E-state index contributed by atoms with van der Waals surface area (Å²) in [6.45, 7) is 6.00. The van der Waals surface area contributed by atoms with Gasteiger partial charge >= 0.3 is 5.97 Å². The van der Waals surface area contributed by atoms with Crippen molar-refractivity contribution in [2.75, 3.05) is 18.0 Å². The molecule has 0 aromatic carbocycles. The average molecular weight is 263 g/mol. The Morgan fingerprint density at radius 1 is 1.42 bits per heavy atom. The normalized spacial score (nSPS) is 16.9. The van der Waals surface area contributed by atoms with Gasteiger partial charge in [0.05, 0.1) is 0 Å². The molecule has 1 aromatic heterocycles. The summed E-state index contributed by atoms with van der Waals surface area (Å²) in [5, 5.41) is 8.81. The Kier molecular flexibility index (Phi) is 4.35. The van der Waals surface area contributed by atoms with Gasteiger partial charge < -0.3 is 10.0 Å². The molecule has 1 aliphatic heterocycles. The Labute approximate surface area is 113 Å². The van der Waals surface area contributed by atoms with E-state index in [9.17, 15) is 4.79 Å². The average Bonchev–Trinajstić information content (AvgIpc) is 2.39. The molecule has 0 aliphatic carbocycles. The number of nitrogens with zero attached hydrogens (tertiary/aromatic N) is 3. The molecule has 0 spiro atoms. The van der Waals surface area contributed by atoms with E-state index in [1.165, 1.54) is 0 Å². The van der Waals surface area contributed by atoms with Crippen LogP contribution in [0.1, 0.15) is 44.7 Å². The minimum Gasteiger partial charge on any atom is -0.481 e. The van der Waals surface area contributed by atoms with Gasteiger partial charge in [0.1, 0.15) is 12.1 Å². The van der Waals surface area contributed by atoms with Crippen molar-refractivity contribution in [3.05, 3.63) is 18.1 Å². The van der Waals surface area contributed by atoms with Gasteiger partial charge in [0, 0.05) is 31.3 Å². The maximum Gasteiger partial charge on any atom is 0.303 e. The van der Waals surface area contributed by atoms with E-state index in [1.807, 2.05) is 6.07 Å². The molecule has 0 atom stereocenters. The Morgan fingerprint density at radius 3 is 2.68 bits per heavy atom. The fourth-order valence-corrected chi connectivity index (χ4v) is 2.46. The van der Waals surface area contributed by atoms with Crippen LogP contribution in [-0.2, 0) is 4.79 Å². The molecule has 1 fully saturated rings. The van der Waals surface area contributed by atoms with E-state index >= 15 is 0 Å². The molecule has 0 unspecified atom stereocenters. The fraction of sp³-hybridized carbons (Fsp3) is 0.643. The third kappa shape index (κ3) is 3.66. The van der Waals surface area contributed by atoms with Crippen molar-refractivity contribution in [2.24, 2.45) is 5.92 Å². The van der Waals surface area contributed by atoms with Crippen LogP contribution in [0, 0.1) is 5.92 Å². The van der Waals surface area contributed by atoms with Gasteiger partial charge in [0.15, 0.2) is 0 Å². The summed E-state index contributed by atoms with van der Waals surface area (Å²) in [6, 6.07) is 2.04. The minimum atomic E-state index is -0.692. The van der Waals surface area contributed by atoms with Crippen molar-refractivity contribution in [1.82, 2.24) is 9.97 Å². The topological polar surface area (TPSA) is 66.3 Å². The van der Waals surface area contributed by atoms with Crippen molar-refractivity contribution >= 4 is 11.8 Å². The van der Waals surface area contributed by atoms with E-state index in [2.05, 4.69) is 28.7 Å². The lowest BCUT2D eigenvalue weighted by Crippen LogP contribution is -2.35. The standard InChI is InChI=1S/C14H21N3O2/c1-10(2)12-8-13(16-9-15-12)17-5-3-11(4-6-17)7-14(18)19/h8-11H,3-7H2,1-2H3,(H,18,19). The predicted octanol–water partition coefficient (Wildman–Crippen LogP) is 2.29. The SMILES string of the molecule is CC(C)c1cc(N2CCC(CC(=O)O)CC2)ncn1. The number of piperidine rings is 1. The lowest BCUT2D eigenvalue weighted by atomic mass is 9.93. The zero-order chi connectivity index (χ0) is 13.8.